The number of likely N-dealkylation sites (tertiary alicyclic amines) is 2. The number of aliphatic carboxylic acids is 6. The molecule has 2 fully saturated rings. The lowest BCUT2D eigenvalue weighted by molar-refractivity contribution is -0.170. The molecule has 28 heteroatoms. The fraction of sp³-hybridized carbons (Fsp3) is 0.500. The molecule has 2 aliphatic rings. The first-order valence-electron chi connectivity index (χ1n) is 27.6. The molecular formula is C44H56N12O16. The number of piperidine rings is 2. The predicted molar refractivity (Wildman–Crippen MR) is 250 cm³/mol. The van der Waals surface area contributed by atoms with E-state index in [1.165, 1.54) is 22.2 Å². The topological polar surface area (TPSA) is 403 Å². The van der Waals surface area contributed by atoms with E-state index in [1.54, 1.807) is 12.1 Å². The molecule has 2 saturated heterocycles. The molecular weight excluding hydrogens is 953 g/mol. The van der Waals surface area contributed by atoms with Gasteiger partial charge in [0.1, 0.15) is 38.3 Å². The molecule has 4 aromatic heterocycles. The number of likely N-dealkylation sites (N-methyl/N-ethyl adjacent to an activating group) is 2. The van der Waals surface area contributed by atoms with Crippen molar-refractivity contribution in [3.63, 3.8) is 0 Å². The highest BCUT2D eigenvalue weighted by molar-refractivity contribution is 5.90. The highest BCUT2D eigenvalue weighted by Crippen LogP contribution is 2.30. The molecule has 4 aromatic rings. The van der Waals surface area contributed by atoms with Gasteiger partial charge in [0, 0.05) is 69.0 Å². The maximum Gasteiger partial charge on any atom is 0.336 e. The number of H-pyrrole nitrogens is 2. The van der Waals surface area contributed by atoms with Gasteiger partial charge in [0.15, 0.2) is 11.2 Å². The maximum absolute atomic E-state index is 12.3. The third-order valence-corrected chi connectivity index (χ3v) is 10.6. The number of aromatic amines is 2. The number of anilines is 2. The number of hydrogen-bond acceptors (Lipinski definition) is 16. The van der Waals surface area contributed by atoms with Crippen LogP contribution in [-0.4, -0.2) is 205 Å². The van der Waals surface area contributed by atoms with Crippen LogP contribution in [0.15, 0.2) is 37.1 Å². The van der Waals surface area contributed by atoms with Gasteiger partial charge in [-0.1, -0.05) is 13.7 Å². The summed E-state index contributed by atoms with van der Waals surface area (Å²) in [7, 11) is 0. The third kappa shape index (κ3) is 15.8. The summed E-state index contributed by atoms with van der Waals surface area (Å²) in [4.78, 5) is 118. The molecule has 0 aliphatic carbocycles. The number of carbonyl (C=O) groups is 8. The summed E-state index contributed by atoms with van der Waals surface area (Å²) < 4.78 is 112. The monoisotopic (exact) mass is 1020 g/mol. The number of carboxylic acids is 6. The summed E-state index contributed by atoms with van der Waals surface area (Å²) in [5.41, 5.74) is -4.97. The van der Waals surface area contributed by atoms with Crippen molar-refractivity contribution in [2.24, 2.45) is 11.8 Å². The van der Waals surface area contributed by atoms with Crippen molar-refractivity contribution in [2.45, 2.75) is 75.5 Å². The van der Waals surface area contributed by atoms with Crippen LogP contribution in [0.4, 0.5) is 11.6 Å². The second kappa shape index (κ2) is 25.9. The number of amides is 2. The molecule has 0 radical (unpaired) electrons. The molecule has 28 nitrogen and oxygen atoms in total. The van der Waals surface area contributed by atoms with Gasteiger partial charge in [-0.05, 0) is 36.8 Å². The Balaban J connectivity index is 0.000000324. The number of hydrogen-bond donors (Lipinski definition) is 10. The van der Waals surface area contributed by atoms with Gasteiger partial charge >= 0.3 is 47.6 Å². The number of aliphatic hydroxyl groups is 2. The van der Waals surface area contributed by atoms with E-state index < -0.39 is 162 Å². The summed E-state index contributed by atoms with van der Waals surface area (Å²) in [6, 6.07) is 0.859. The Hall–Kier alpha value is -8.50. The Labute approximate surface area is 429 Å². The third-order valence-electron chi connectivity index (χ3n) is 10.6. The molecule has 0 saturated carbocycles. The van der Waals surface area contributed by atoms with E-state index >= 15 is 0 Å². The Morgan fingerprint density at radius 3 is 1.28 bits per heavy atom. The molecule has 0 spiro atoms. The number of aromatic nitrogens is 6. The van der Waals surface area contributed by atoms with Gasteiger partial charge in [0.2, 0.25) is 0 Å². The van der Waals surface area contributed by atoms with E-state index in [0.717, 1.165) is 9.80 Å². The van der Waals surface area contributed by atoms with E-state index in [1.807, 2.05) is 0 Å². The van der Waals surface area contributed by atoms with E-state index in [-0.39, 0.29) is 62.0 Å². The van der Waals surface area contributed by atoms with Crippen molar-refractivity contribution in [3.05, 3.63) is 60.0 Å². The Morgan fingerprint density at radius 2 is 1.00 bits per heavy atom. The van der Waals surface area contributed by atoms with Gasteiger partial charge in [-0.3, -0.25) is 28.8 Å². The van der Waals surface area contributed by atoms with Crippen molar-refractivity contribution >= 4 is 81.3 Å². The van der Waals surface area contributed by atoms with Gasteiger partial charge < -0.3 is 80.1 Å². The predicted octanol–water partition coefficient (Wildman–Crippen LogP) is 0.604. The zero-order valence-electron chi connectivity index (χ0n) is 51.4. The standard InChI is InChI=1S/2C16H20N6O.2C6H8O7/c2*1-11-5-7-22(14(23)8-17-2)9-13(11)21(3)16-12-4-6-18-15(12)19-10-20-16;2*7-3(8)1-6(13,5(11)12)2-4(9)10/h2*4,6,10-11,13H,5,7-9H2,1,3H3,(H,18,19,20);2*13H,1-2H2,(H,7,8)(H,9,10)(H,11,12)/t2*11-,13+;;/m11../s1/i2*1D3,3D3,10D;;. The molecule has 0 aromatic carbocycles. The smallest absolute Gasteiger partial charge is 0.336 e. The first-order chi connectivity index (χ1) is 39.4. The van der Waals surface area contributed by atoms with Gasteiger partial charge in [0.05, 0.1) is 48.5 Å². The lowest BCUT2D eigenvalue weighted by Gasteiger charge is -2.41. The molecule has 72 heavy (non-hydrogen) atoms. The van der Waals surface area contributed by atoms with Crippen LogP contribution in [0.3, 0.4) is 0 Å². The van der Waals surface area contributed by atoms with Crippen LogP contribution in [0.2, 0.25) is 0 Å². The Morgan fingerprint density at radius 1 is 0.653 bits per heavy atom. The minimum absolute atomic E-state index is 0.0482. The minimum Gasteiger partial charge on any atom is -0.481 e. The van der Waals surface area contributed by atoms with Crippen LogP contribution < -0.4 is 9.80 Å². The number of nitrogens with zero attached hydrogens (tertiary/aromatic N) is 10. The second-order valence-electron chi connectivity index (χ2n) is 15.7. The molecule has 2 amide bonds. The summed E-state index contributed by atoms with van der Waals surface area (Å²) >= 11 is 0. The number of fused-ring (bicyclic) bond motifs is 2. The van der Waals surface area contributed by atoms with E-state index in [4.69, 9.17) is 73.2 Å². The van der Waals surface area contributed by atoms with Crippen LogP contribution in [0.5, 0.6) is 0 Å². The fourth-order valence-corrected chi connectivity index (χ4v) is 6.92. The highest BCUT2D eigenvalue weighted by atomic mass is 16.4. The number of nitrogens with one attached hydrogen (secondary N) is 2. The zero-order valence-corrected chi connectivity index (χ0v) is 37.4. The molecule has 4 atom stereocenters. The van der Waals surface area contributed by atoms with E-state index in [9.17, 15) is 38.4 Å². The maximum atomic E-state index is 12.3. The average Bonchev–Trinajstić information content (AvgIpc) is 1.13. The van der Waals surface area contributed by atoms with Crippen molar-refractivity contribution in [2.75, 3.05) is 63.0 Å². The first kappa shape index (κ1) is 39.2. The Bertz CT molecular complexity index is 2990. The summed E-state index contributed by atoms with van der Waals surface area (Å²) in [6.45, 7) is 2.33. The lowest BCUT2D eigenvalue weighted by atomic mass is 9.92. The van der Waals surface area contributed by atoms with Gasteiger partial charge in [0.25, 0.3) is 13.1 Å². The molecule has 0 bridgehead atoms. The molecule has 2 aliphatic heterocycles. The summed E-state index contributed by atoms with van der Waals surface area (Å²) in [5.74, 6) is -13.3. The van der Waals surface area contributed by atoms with Gasteiger partial charge in [-0.15, -0.1) is 0 Å². The van der Waals surface area contributed by atoms with Crippen LogP contribution >= 0.6 is 0 Å². The number of carboxylic acid groups (broad SMARTS) is 6. The van der Waals surface area contributed by atoms with Crippen LogP contribution in [0.1, 0.15) is 71.4 Å². The van der Waals surface area contributed by atoms with Crippen molar-refractivity contribution in [1.29, 1.82) is 0 Å². The Kier molecular flexibility index (Phi) is 14.1. The van der Waals surface area contributed by atoms with Gasteiger partial charge in [-0.25, -0.2) is 42.7 Å². The van der Waals surface area contributed by atoms with Crippen LogP contribution in [0, 0.1) is 25.0 Å². The van der Waals surface area contributed by atoms with Crippen molar-refractivity contribution in [3.8, 4) is 0 Å². The molecule has 10 N–H and O–H groups in total. The summed E-state index contributed by atoms with van der Waals surface area (Å²) in [5, 5.41) is 68.3. The number of carbonyl (C=O) groups excluding carboxylic acids is 2. The largest absolute Gasteiger partial charge is 0.481 e. The van der Waals surface area contributed by atoms with Gasteiger partial charge in [-0.2, -0.15) is 0 Å². The average molecular weight is 1020 g/mol. The van der Waals surface area contributed by atoms with Crippen LogP contribution in [0.25, 0.3) is 31.8 Å². The van der Waals surface area contributed by atoms with Crippen molar-refractivity contribution in [1.82, 2.24) is 39.7 Å². The minimum atomic E-state index is -2.80. The van der Waals surface area contributed by atoms with E-state index in [0.29, 0.717) is 10.8 Å². The van der Waals surface area contributed by atoms with Crippen molar-refractivity contribution < 1.29 is 98.4 Å². The molecule has 6 heterocycles. The first-order valence-corrected chi connectivity index (χ1v) is 20.6. The normalized spacial score (nSPS) is 21.0. The molecule has 0 unspecified atom stereocenters. The lowest BCUT2D eigenvalue weighted by Crippen LogP contribution is -2.53. The summed E-state index contributed by atoms with van der Waals surface area (Å²) in [6.07, 6.45) is -2.28. The van der Waals surface area contributed by atoms with E-state index in [2.05, 4.69) is 39.6 Å². The second-order valence-corrected chi connectivity index (χ2v) is 15.7. The van der Waals surface area contributed by atoms with Crippen LogP contribution in [-0.2, 0) is 38.4 Å². The highest BCUT2D eigenvalue weighted by Gasteiger charge is 2.42. The number of rotatable bonds is 16. The molecule has 6 rings (SSSR count). The molecule has 388 valence electrons. The SMILES string of the molecule is O=C(O)CC(O)(CC(=O)O)C(=O)O.O=C(O)CC(O)(CC(=O)O)C(=O)O.[2H]c1nc(N([C@H]2CN(C(=O)C[N+]#[C-])CC[C@H]2C([2H])([2H])[2H])C([2H])([2H])[2H])c2cc[nH]c2n1.[2H]c1nc(N([C@H]2CN(C(=O)C[N+]#[C-])CC[C@H]2C([2H])([2H])[2H])C([2H])([2H])[2H])c2cc[nH]c2n1. The zero-order chi connectivity index (χ0) is 65.8. The fourth-order valence-electron chi connectivity index (χ4n) is 6.92. The quantitative estimate of drug-likeness (QED) is 0.0687.